The molecule has 128 valence electrons. The van der Waals surface area contributed by atoms with Crippen LogP contribution in [0.15, 0.2) is 17.1 Å². The van der Waals surface area contributed by atoms with Crippen molar-refractivity contribution < 1.29 is 4.79 Å². The van der Waals surface area contributed by atoms with Crippen molar-refractivity contribution in [1.29, 1.82) is 0 Å². The maximum absolute atomic E-state index is 12.9. The van der Waals surface area contributed by atoms with Crippen LogP contribution < -0.4 is 5.56 Å². The van der Waals surface area contributed by atoms with Crippen molar-refractivity contribution in [3.63, 3.8) is 0 Å². The number of nitrogens with zero attached hydrogens (tertiary/aromatic N) is 3. The Morgan fingerprint density at radius 3 is 2.96 bits per heavy atom. The average molecular weight is 329 g/mol. The topological polar surface area (TPSA) is 86.8 Å². The lowest BCUT2D eigenvalue weighted by molar-refractivity contribution is 0.0700. The Morgan fingerprint density at radius 1 is 1.29 bits per heavy atom. The smallest absolute Gasteiger partial charge is 0.274 e. The van der Waals surface area contributed by atoms with Crippen molar-refractivity contribution >= 4 is 5.91 Å². The quantitative estimate of drug-likeness (QED) is 0.875. The molecule has 0 bridgehead atoms. The Bertz CT molecular complexity index is 802. The number of hydrogen-bond donors (Lipinski definition) is 2. The average Bonchev–Trinajstić information content (AvgIpc) is 3.20. The fourth-order valence-electron chi connectivity index (χ4n) is 3.83. The second-order valence-electron chi connectivity index (χ2n) is 7.14. The van der Waals surface area contributed by atoms with Gasteiger partial charge in [-0.3, -0.25) is 14.7 Å². The van der Waals surface area contributed by atoms with Gasteiger partial charge in [0, 0.05) is 49.9 Å². The van der Waals surface area contributed by atoms with E-state index in [1.54, 1.807) is 6.07 Å². The van der Waals surface area contributed by atoms with E-state index >= 15 is 0 Å². The first-order valence-corrected chi connectivity index (χ1v) is 8.73. The monoisotopic (exact) mass is 329 g/mol. The summed E-state index contributed by atoms with van der Waals surface area (Å²) in [5, 5.41) is 5.50. The third-order valence-corrected chi connectivity index (χ3v) is 5.24. The Balaban J connectivity index is 1.51. The van der Waals surface area contributed by atoms with Crippen LogP contribution >= 0.6 is 0 Å². The first kappa shape index (κ1) is 15.2. The van der Waals surface area contributed by atoms with Gasteiger partial charge in [-0.1, -0.05) is 6.92 Å². The highest BCUT2D eigenvalue weighted by atomic mass is 16.2. The van der Waals surface area contributed by atoms with Crippen LogP contribution in [0.4, 0.5) is 0 Å². The minimum absolute atomic E-state index is 0.00661. The van der Waals surface area contributed by atoms with Crippen LogP contribution in [0.2, 0.25) is 0 Å². The summed E-state index contributed by atoms with van der Waals surface area (Å²) in [6, 6.07) is 1.59. The number of nitrogens with one attached hydrogen (secondary N) is 2. The number of imidazole rings is 1. The minimum atomic E-state index is -0.121. The van der Waals surface area contributed by atoms with Gasteiger partial charge in [0.15, 0.2) is 0 Å². The summed E-state index contributed by atoms with van der Waals surface area (Å²) in [4.78, 5) is 30.6. The van der Waals surface area contributed by atoms with Crippen LogP contribution in [0, 0.1) is 5.92 Å². The third-order valence-electron chi connectivity index (χ3n) is 5.24. The van der Waals surface area contributed by atoms with Crippen LogP contribution in [0.25, 0.3) is 0 Å². The maximum atomic E-state index is 12.9. The molecule has 2 atom stereocenters. The van der Waals surface area contributed by atoms with Gasteiger partial charge in [0.05, 0.1) is 0 Å². The molecule has 0 radical (unpaired) electrons. The van der Waals surface area contributed by atoms with E-state index in [0.717, 1.165) is 50.3 Å². The summed E-state index contributed by atoms with van der Waals surface area (Å²) < 4.78 is 2.12. The van der Waals surface area contributed by atoms with Gasteiger partial charge in [0.25, 0.3) is 11.5 Å². The van der Waals surface area contributed by atoms with Gasteiger partial charge >= 0.3 is 0 Å². The van der Waals surface area contributed by atoms with Crippen molar-refractivity contribution in [3.8, 4) is 0 Å². The predicted molar refractivity (Wildman–Crippen MR) is 89.0 cm³/mol. The summed E-state index contributed by atoms with van der Waals surface area (Å²) in [7, 11) is 0. The van der Waals surface area contributed by atoms with Gasteiger partial charge in [0.2, 0.25) is 0 Å². The Morgan fingerprint density at radius 2 is 2.17 bits per heavy atom. The lowest BCUT2D eigenvalue weighted by atomic mass is 9.95. The van der Waals surface area contributed by atoms with Gasteiger partial charge in [0.1, 0.15) is 11.5 Å². The van der Waals surface area contributed by atoms with E-state index in [1.807, 2.05) is 11.1 Å². The van der Waals surface area contributed by atoms with Gasteiger partial charge in [-0.15, -0.1) is 0 Å². The number of rotatable bonds is 2. The van der Waals surface area contributed by atoms with Crippen LogP contribution in [0.1, 0.15) is 54.1 Å². The van der Waals surface area contributed by atoms with Gasteiger partial charge in [-0.2, -0.15) is 0 Å². The number of carbonyl (C=O) groups excluding carboxylic acids is 1. The predicted octanol–water partition coefficient (Wildman–Crippen LogP) is 1.50. The van der Waals surface area contributed by atoms with Crippen molar-refractivity contribution in [1.82, 2.24) is 24.6 Å². The molecule has 2 aliphatic rings. The van der Waals surface area contributed by atoms with Crippen LogP contribution in [-0.4, -0.2) is 43.6 Å². The van der Waals surface area contributed by atoms with E-state index in [1.165, 1.54) is 0 Å². The van der Waals surface area contributed by atoms with Crippen LogP contribution in [-0.2, 0) is 13.0 Å². The number of aryl methyl sites for hydroxylation is 1. The highest BCUT2D eigenvalue weighted by Crippen LogP contribution is 2.26. The molecule has 4 heterocycles. The molecule has 0 spiro atoms. The zero-order valence-corrected chi connectivity index (χ0v) is 13.9. The second-order valence-corrected chi connectivity index (χ2v) is 7.14. The summed E-state index contributed by atoms with van der Waals surface area (Å²) in [6.07, 6.45) is 5.92. The Hall–Kier alpha value is -2.31. The molecule has 2 aromatic heterocycles. The molecule has 1 fully saturated rings. The summed E-state index contributed by atoms with van der Waals surface area (Å²) in [6.45, 7) is 4.56. The van der Waals surface area contributed by atoms with Crippen LogP contribution in [0.3, 0.4) is 0 Å². The van der Waals surface area contributed by atoms with Crippen molar-refractivity contribution in [2.45, 2.75) is 45.1 Å². The Labute approximate surface area is 140 Å². The number of likely N-dealkylation sites (tertiary alicyclic amines) is 1. The van der Waals surface area contributed by atoms with E-state index in [-0.39, 0.29) is 17.4 Å². The van der Waals surface area contributed by atoms with Crippen molar-refractivity contribution in [2.24, 2.45) is 5.92 Å². The van der Waals surface area contributed by atoms with E-state index in [9.17, 15) is 9.59 Å². The molecule has 2 unspecified atom stereocenters. The third kappa shape index (κ3) is 2.79. The number of piperidine rings is 1. The molecule has 7 heteroatoms. The molecule has 0 aromatic carbocycles. The number of amides is 1. The molecule has 4 rings (SSSR count). The highest BCUT2D eigenvalue weighted by molar-refractivity contribution is 5.92. The normalized spacial score (nSPS) is 24.0. The van der Waals surface area contributed by atoms with Crippen molar-refractivity contribution in [3.05, 3.63) is 39.8 Å². The molecule has 0 saturated carbocycles. The molecule has 1 amide bonds. The number of aromatic amines is 2. The molecular formula is C17H23N5O2. The standard InChI is InChI=1S/C17H23N5O2/c1-11-4-6-21-10-14(18-15(21)7-11)17(24)22-5-2-3-12(9-22)13-8-16(23)20-19-13/h8,10-12H,2-7,9H2,1H3,(H2,19,20,23). The SMILES string of the molecule is CC1CCn2cc(C(=O)N3CCCC(c4cc(=O)[nH][nH]4)C3)nc2C1. The second kappa shape index (κ2) is 5.96. The molecular weight excluding hydrogens is 306 g/mol. The molecule has 2 aromatic rings. The van der Waals surface area contributed by atoms with Gasteiger partial charge < -0.3 is 14.6 Å². The summed E-state index contributed by atoms with van der Waals surface area (Å²) in [5.41, 5.74) is 1.32. The van der Waals surface area contributed by atoms with E-state index < -0.39 is 0 Å². The van der Waals surface area contributed by atoms with Gasteiger partial charge in [-0.25, -0.2) is 4.98 Å². The van der Waals surface area contributed by atoms with Crippen LogP contribution in [0.5, 0.6) is 0 Å². The highest BCUT2D eigenvalue weighted by Gasteiger charge is 2.29. The number of carbonyl (C=O) groups is 1. The number of H-pyrrole nitrogens is 2. The fraction of sp³-hybridized carbons (Fsp3) is 0.588. The molecule has 2 aliphatic heterocycles. The lowest BCUT2D eigenvalue weighted by Gasteiger charge is -2.31. The maximum Gasteiger partial charge on any atom is 0.274 e. The molecule has 2 N–H and O–H groups in total. The Kier molecular flexibility index (Phi) is 3.78. The van der Waals surface area contributed by atoms with E-state index in [2.05, 4.69) is 26.7 Å². The number of fused-ring (bicyclic) bond motifs is 1. The zero-order chi connectivity index (χ0) is 16.7. The first-order chi connectivity index (χ1) is 11.6. The van der Waals surface area contributed by atoms with E-state index in [0.29, 0.717) is 18.2 Å². The fourth-order valence-corrected chi connectivity index (χ4v) is 3.83. The summed E-state index contributed by atoms with van der Waals surface area (Å²) in [5.74, 6) is 1.85. The molecule has 1 saturated heterocycles. The van der Waals surface area contributed by atoms with E-state index in [4.69, 9.17) is 0 Å². The number of aromatic nitrogens is 4. The summed E-state index contributed by atoms with van der Waals surface area (Å²) >= 11 is 0. The van der Waals surface area contributed by atoms with Gasteiger partial charge in [-0.05, 0) is 25.2 Å². The largest absolute Gasteiger partial charge is 0.337 e. The molecule has 7 nitrogen and oxygen atoms in total. The molecule has 0 aliphatic carbocycles. The van der Waals surface area contributed by atoms with Crippen molar-refractivity contribution in [2.75, 3.05) is 13.1 Å². The minimum Gasteiger partial charge on any atom is -0.337 e. The lowest BCUT2D eigenvalue weighted by Crippen LogP contribution is -2.39. The molecule has 24 heavy (non-hydrogen) atoms. The first-order valence-electron chi connectivity index (χ1n) is 8.73. The number of hydrogen-bond acceptors (Lipinski definition) is 3. The zero-order valence-electron chi connectivity index (χ0n) is 13.9.